The van der Waals surface area contributed by atoms with E-state index >= 15 is 0 Å². The van der Waals surface area contributed by atoms with Gasteiger partial charge in [-0.3, -0.25) is 0 Å². The Morgan fingerprint density at radius 2 is 1.76 bits per heavy atom. The molecule has 1 aliphatic rings. The molecular weight excluding hydrogens is 218 g/mol. The third-order valence-corrected chi connectivity index (χ3v) is 2.89. The highest BCUT2D eigenvalue weighted by atomic mass is 16.6. The lowest BCUT2D eigenvalue weighted by Gasteiger charge is -2.46. The fourth-order valence-electron chi connectivity index (χ4n) is 2.74. The van der Waals surface area contributed by atoms with E-state index in [0.29, 0.717) is 6.61 Å². The Balaban J connectivity index is 2.46. The second kappa shape index (κ2) is 5.36. The molecule has 0 aromatic carbocycles. The number of hydrogen-bond donors (Lipinski definition) is 1. The van der Waals surface area contributed by atoms with Crippen molar-refractivity contribution in [2.45, 2.75) is 64.6 Å². The molecule has 0 saturated carbocycles. The number of carbonyl (C=O) groups is 1. The molecule has 1 aliphatic heterocycles. The third kappa shape index (κ3) is 5.04. The van der Waals surface area contributed by atoms with Crippen LogP contribution in [0, 0.1) is 0 Å². The summed E-state index contributed by atoms with van der Waals surface area (Å²) >= 11 is 0. The second-order valence-electron chi connectivity index (χ2n) is 6.04. The van der Waals surface area contributed by atoms with E-state index in [2.05, 4.69) is 33.0 Å². The van der Waals surface area contributed by atoms with Crippen molar-refractivity contribution in [1.29, 1.82) is 0 Å². The Morgan fingerprint density at radius 1 is 1.24 bits per heavy atom. The van der Waals surface area contributed by atoms with Gasteiger partial charge in [0, 0.05) is 11.1 Å². The number of rotatable bonds is 4. The molecule has 17 heavy (non-hydrogen) atoms. The van der Waals surface area contributed by atoms with Crippen LogP contribution in [0.2, 0.25) is 0 Å². The van der Waals surface area contributed by atoms with Gasteiger partial charge in [-0.2, -0.15) is 0 Å². The van der Waals surface area contributed by atoms with Gasteiger partial charge in [0.15, 0.2) is 0 Å². The van der Waals surface area contributed by atoms with Gasteiger partial charge in [0.25, 0.3) is 0 Å². The highest BCUT2D eigenvalue weighted by Gasteiger charge is 2.38. The van der Waals surface area contributed by atoms with Crippen molar-refractivity contribution >= 4 is 5.97 Å². The normalized spacial score (nSPS) is 23.4. The van der Waals surface area contributed by atoms with Crippen LogP contribution in [0.3, 0.4) is 0 Å². The fraction of sp³-hybridized carbons (Fsp3) is 0.923. The van der Waals surface area contributed by atoms with Crippen molar-refractivity contribution in [1.82, 2.24) is 5.32 Å². The van der Waals surface area contributed by atoms with Gasteiger partial charge in [-0.05, 0) is 47.5 Å². The van der Waals surface area contributed by atoms with Crippen molar-refractivity contribution in [3.05, 3.63) is 0 Å². The first-order valence-corrected chi connectivity index (χ1v) is 6.31. The molecule has 0 amide bonds. The Kier molecular flexibility index (Phi) is 4.55. The summed E-state index contributed by atoms with van der Waals surface area (Å²) in [6, 6.07) is 0. The summed E-state index contributed by atoms with van der Waals surface area (Å²) in [5, 5.41) is 3.58. The maximum atomic E-state index is 11.2. The largest absolute Gasteiger partial charge is 0.464 e. The number of esters is 1. The minimum atomic E-state index is -0.276. The van der Waals surface area contributed by atoms with Gasteiger partial charge < -0.3 is 14.8 Å². The molecule has 1 rings (SSSR count). The van der Waals surface area contributed by atoms with E-state index in [4.69, 9.17) is 9.47 Å². The minimum absolute atomic E-state index is 0.0427. The maximum Gasteiger partial charge on any atom is 0.332 e. The molecule has 0 spiro atoms. The molecule has 1 saturated heterocycles. The van der Waals surface area contributed by atoms with Crippen LogP contribution in [0.15, 0.2) is 0 Å². The Hall–Kier alpha value is -0.610. The zero-order valence-corrected chi connectivity index (χ0v) is 11.6. The van der Waals surface area contributed by atoms with Crippen molar-refractivity contribution in [3.8, 4) is 0 Å². The van der Waals surface area contributed by atoms with Crippen LogP contribution >= 0.6 is 0 Å². The second-order valence-corrected chi connectivity index (χ2v) is 6.04. The lowest BCUT2D eigenvalue weighted by molar-refractivity contribution is -0.152. The SMILES string of the molecule is CCOC(=O)COC1CC(C)(C)NC(C)(C)C1. The lowest BCUT2D eigenvalue weighted by atomic mass is 9.81. The first-order valence-electron chi connectivity index (χ1n) is 6.31. The molecule has 1 fully saturated rings. The van der Waals surface area contributed by atoms with E-state index < -0.39 is 0 Å². The standard InChI is InChI=1S/C13H25NO3/c1-6-16-11(15)9-17-10-7-12(2,3)14-13(4,5)8-10/h10,14H,6-9H2,1-5H3. The third-order valence-electron chi connectivity index (χ3n) is 2.89. The summed E-state index contributed by atoms with van der Waals surface area (Å²) in [7, 11) is 0. The monoisotopic (exact) mass is 243 g/mol. The lowest BCUT2D eigenvalue weighted by Crippen LogP contribution is -2.59. The molecule has 0 aromatic heterocycles. The Labute approximate surface area is 104 Å². The molecule has 0 unspecified atom stereocenters. The molecule has 100 valence electrons. The summed E-state index contributed by atoms with van der Waals surface area (Å²) in [6.45, 7) is 10.9. The van der Waals surface area contributed by atoms with Crippen LogP contribution in [0.4, 0.5) is 0 Å². The summed E-state index contributed by atoms with van der Waals surface area (Å²) in [6.07, 6.45) is 1.94. The van der Waals surface area contributed by atoms with Crippen LogP contribution in [-0.4, -0.2) is 36.4 Å². The molecular formula is C13H25NO3. The fourth-order valence-corrected chi connectivity index (χ4v) is 2.74. The van der Waals surface area contributed by atoms with Crippen LogP contribution in [-0.2, 0) is 14.3 Å². The van der Waals surface area contributed by atoms with Gasteiger partial charge in [0.1, 0.15) is 6.61 Å². The molecule has 4 nitrogen and oxygen atoms in total. The number of ether oxygens (including phenoxy) is 2. The number of carbonyl (C=O) groups excluding carboxylic acids is 1. The van der Waals surface area contributed by atoms with Gasteiger partial charge in [-0.15, -0.1) is 0 Å². The van der Waals surface area contributed by atoms with Gasteiger partial charge >= 0.3 is 5.97 Å². The van der Waals surface area contributed by atoms with Gasteiger partial charge in [0.05, 0.1) is 12.7 Å². The zero-order chi connectivity index (χ0) is 13.1. The average Bonchev–Trinajstić information content (AvgIpc) is 2.10. The smallest absolute Gasteiger partial charge is 0.332 e. The summed E-state index contributed by atoms with van der Waals surface area (Å²) < 4.78 is 10.5. The highest BCUT2D eigenvalue weighted by molar-refractivity contribution is 5.70. The quantitative estimate of drug-likeness (QED) is 0.766. The zero-order valence-electron chi connectivity index (χ0n) is 11.6. The van der Waals surface area contributed by atoms with E-state index in [1.807, 2.05) is 0 Å². The summed E-state index contributed by atoms with van der Waals surface area (Å²) in [5.74, 6) is -0.276. The van der Waals surface area contributed by atoms with Crippen molar-refractivity contribution in [2.75, 3.05) is 13.2 Å². The maximum absolute atomic E-state index is 11.2. The number of hydrogen-bond acceptors (Lipinski definition) is 4. The van der Waals surface area contributed by atoms with E-state index in [1.165, 1.54) is 0 Å². The van der Waals surface area contributed by atoms with E-state index in [0.717, 1.165) is 12.8 Å². The van der Waals surface area contributed by atoms with E-state index in [9.17, 15) is 4.79 Å². The predicted molar refractivity (Wildman–Crippen MR) is 66.9 cm³/mol. The van der Waals surface area contributed by atoms with E-state index in [1.54, 1.807) is 6.92 Å². The average molecular weight is 243 g/mol. The van der Waals surface area contributed by atoms with Crippen molar-refractivity contribution < 1.29 is 14.3 Å². The molecule has 0 bridgehead atoms. The molecule has 0 aromatic rings. The summed E-state index contributed by atoms with van der Waals surface area (Å²) in [5.41, 5.74) is 0.0855. The Bertz CT molecular complexity index is 258. The first-order chi connectivity index (χ1) is 7.74. The van der Waals surface area contributed by atoms with Gasteiger partial charge in [-0.25, -0.2) is 4.79 Å². The molecule has 0 radical (unpaired) electrons. The Morgan fingerprint density at radius 3 is 2.24 bits per heavy atom. The topological polar surface area (TPSA) is 47.6 Å². The van der Waals surface area contributed by atoms with E-state index in [-0.39, 0.29) is 29.8 Å². The van der Waals surface area contributed by atoms with Crippen molar-refractivity contribution in [3.63, 3.8) is 0 Å². The number of nitrogens with one attached hydrogen (secondary N) is 1. The molecule has 1 N–H and O–H groups in total. The van der Waals surface area contributed by atoms with Crippen LogP contribution < -0.4 is 5.32 Å². The minimum Gasteiger partial charge on any atom is -0.464 e. The molecule has 4 heteroatoms. The first kappa shape index (κ1) is 14.5. The van der Waals surface area contributed by atoms with Crippen molar-refractivity contribution in [2.24, 2.45) is 0 Å². The number of piperidine rings is 1. The molecule has 0 aliphatic carbocycles. The molecule has 1 heterocycles. The van der Waals surface area contributed by atoms with Gasteiger partial charge in [-0.1, -0.05) is 0 Å². The highest BCUT2D eigenvalue weighted by Crippen LogP contribution is 2.30. The predicted octanol–water partition coefficient (Wildman–Crippen LogP) is 1.88. The van der Waals surface area contributed by atoms with Crippen LogP contribution in [0.25, 0.3) is 0 Å². The summed E-state index contributed by atoms with van der Waals surface area (Å²) in [4.78, 5) is 11.2. The molecule has 0 atom stereocenters. The van der Waals surface area contributed by atoms with Crippen LogP contribution in [0.1, 0.15) is 47.5 Å². The van der Waals surface area contributed by atoms with Crippen LogP contribution in [0.5, 0.6) is 0 Å². The van der Waals surface area contributed by atoms with Gasteiger partial charge in [0.2, 0.25) is 0 Å².